The van der Waals surface area contributed by atoms with Crippen molar-refractivity contribution in [1.29, 1.82) is 0 Å². The summed E-state index contributed by atoms with van der Waals surface area (Å²) in [6.07, 6.45) is 3.29. The number of rotatable bonds is 6. The van der Waals surface area contributed by atoms with Crippen molar-refractivity contribution in [2.24, 2.45) is 0 Å². The molecule has 4 atom stereocenters. The third-order valence-electron chi connectivity index (χ3n) is 3.56. The topological polar surface area (TPSA) is 118 Å². The smallest absolute Gasteiger partial charge is 0.327 e. The van der Waals surface area contributed by atoms with Gasteiger partial charge in [0.2, 0.25) is 5.91 Å². The monoisotopic (exact) mass is 339 g/mol. The molecule has 2 N–H and O–H groups in total. The lowest BCUT2D eigenvalue weighted by molar-refractivity contribution is -0.140. The molecule has 1 amide bonds. The fourth-order valence-corrected chi connectivity index (χ4v) is 5.45. The van der Waals surface area contributed by atoms with Crippen LogP contribution >= 0.6 is 0 Å². The molecule has 0 spiro atoms. The largest absolute Gasteiger partial charge is 0.480 e. The van der Waals surface area contributed by atoms with Gasteiger partial charge in [0.05, 0.1) is 11.0 Å². The molecule has 0 aromatic carbocycles. The van der Waals surface area contributed by atoms with Gasteiger partial charge in [0.1, 0.15) is 15.9 Å². The molecule has 0 bridgehead atoms. The van der Waals surface area contributed by atoms with Crippen LogP contribution in [0.5, 0.6) is 0 Å². The second kappa shape index (κ2) is 7.35. The molecule has 1 saturated carbocycles. The van der Waals surface area contributed by atoms with Crippen LogP contribution in [0, 0.1) is 0 Å². The van der Waals surface area contributed by atoms with Gasteiger partial charge in [0.25, 0.3) is 0 Å². The van der Waals surface area contributed by atoms with Gasteiger partial charge in [-0.05, 0) is 19.3 Å². The van der Waals surface area contributed by atoms with Gasteiger partial charge >= 0.3 is 5.97 Å². The van der Waals surface area contributed by atoms with E-state index in [2.05, 4.69) is 5.32 Å². The minimum Gasteiger partial charge on any atom is -0.480 e. The highest BCUT2D eigenvalue weighted by Crippen LogP contribution is 2.27. The van der Waals surface area contributed by atoms with E-state index in [1.54, 1.807) is 0 Å². The van der Waals surface area contributed by atoms with Gasteiger partial charge in [-0.25, -0.2) is 13.2 Å². The number of hydrogen-bond donors (Lipinski definition) is 2. The molecule has 0 aromatic heterocycles. The SMILES string of the molecule is CC(=O)NC(CS(=O)C1CCCC(S(C)(=O)=O)C1)C(=O)O. The van der Waals surface area contributed by atoms with E-state index in [0.717, 1.165) is 0 Å². The van der Waals surface area contributed by atoms with Crippen molar-refractivity contribution in [3.05, 3.63) is 0 Å². The highest BCUT2D eigenvalue weighted by Gasteiger charge is 2.33. The van der Waals surface area contributed by atoms with Crippen LogP contribution < -0.4 is 5.32 Å². The zero-order valence-corrected chi connectivity index (χ0v) is 13.7. The molecule has 0 aliphatic heterocycles. The average Bonchev–Trinajstić information content (AvgIpc) is 2.36. The number of sulfone groups is 1. The minimum absolute atomic E-state index is 0.198. The van der Waals surface area contributed by atoms with Crippen LogP contribution in [0.15, 0.2) is 0 Å². The second-order valence-electron chi connectivity index (χ2n) is 5.38. The summed E-state index contributed by atoms with van der Waals surface area (Å²) in [5, 5.41) is 10.4. The van der Waals surface area contributed by atoms with Crippen molar-refractivity contribution < 1.29 is 27.3 Å². The molecule has 1 aliphatic carbocycles. The minimum atomic E-state index is -3.18. The molecule has 0 aromatic rings. The molecule has 1 rings (SSSR count). The van der Waals surface area contributed by atoms with Crippen LogP contribution in [0.2, 0.25) is 0 Å². The highest BCUT2D eigenvalue weighted by molar-refractivity contribution is 7.91. The Labute approximate surface area is 126 Å². The van der Waals surface area contributed by atoms with Gasteiger partial charge in [0.15, 0.2) is 0 Å². The molecule has 1 fully saturated rings. The van der Waals surface area contributed by atoms with Crippen molar-refractivity contribution in [3.63, 3.8) is 0 Å². The van der Waals surface area contributed by atoms with Gasteiger partial charge in [-0.15, -0.1) is 0 Å². The number of nitrogens with one attached hydrogen (secondary N) is 1. The van der Waals surface area contributed by atoms with Gasteiger partial charge in [-0.2, -0.15) is 0 Å². The number of amides is 1. The predicted octanol–water partition coefficient (Wildman–Crippen LogP) is -0.320. The van der Waals surface area contributed by atoms with E-state index >= 15 is 0 Å². The predicted molar refractivity (Wildman–Crippen MR) is 79.1 cm³/mol. The van der Waals surface area contributed by atoms with Crippen molar-refractivity contribution >= 4 is 32.5 Å². The summed E-state index contributed by atoms with van der Waals surface area (Å²) in [4.78, 5) is 22.0. The average molecular weight is 339 g/mol. The third kappa shape index (κ3) is 5.74. The van der Waals surface area contributed by atoms with E-state index in [1.165, 1.54) is 13.2 Å². The van der Waals surface area contributed by atoms with Crippen LogP contribution in [0.3, 0.4) is 0 Å². The number of carboxylic acid groups (broad SMARTS) is 1. The number of carboxylic acids is 1. The third-order valence-corrected chi connectivity index (χ3v) is 7.03. The number of carbonyl (C=O) groups excluding carboxylic acids is 1. The van der Waals surface area contributed by atoms with E-state index in [-0.39, 0.29) is 17.4 Å². The van der Waals surface area contributed by atoms with Crippen molar-refractivity contribution in [3.8, 4) is 0 Å². The molecule has 4 unspecified atom stereocenters. The zero-order chi connectivity index (χ0) is 16.2. The first-order valence-electron chi connectivity index (χ1n) is 6.67. The Morgan fingerprint density at radius 3 is 2.48 bits per heavy atom. The van der Waals surface area contributed by atoms with Crippen molar-refractivity contribution in [1.82, 2.24) is 5.32 Å². The highest BCUT2D eigenvalue weighted by atomic mass is 32.2. The Bertz CT molecular complexity index is 530. The van der Waals surface area contributed by atoms with Crippen LogP contribution in [-0.4, -0.2) is 58.2 Å². The molecular formula is C12H21NO6S2. The van der Waals surface area contributed by atoms with Gasteiger partial charge in [-0.3, -0.25) is 9.00 Å². The summed E-state index contributed by atoms with van der Waals surface area (Å²) in [6.45, 7) is 1.19. The van der Waals surface area contributed by atoms with E-state index < -0.39 is 43.8 Å². The lowest BCUT2D eigenvalue weighted by atomic mass is 10.00. The normalized spacial score (nSPS) is 25.8. The molecule has 9 heteroatoms. The summed E-state index contributed by atoms with van der Waals surface area (Å²) in [6, 6.07) is -1.21. The number of hydrogen-bond acceptors (Lipinski definition) is 5. The first kappa shape index (κ1) is 18.1. The van der Waals surface area contributed by atoms with Gasteiger partial charge < -0.3 is 10.4 Å². The number of aliphatic carboxylic acids is 1. The number of carbonyl (C=O) groups is 2. The molecular weight excluding hydrogens is 318 g/mol. The van der Waals surface area contributed by atoms with E-state index in [1.807, 2.05) is 0 Å². The summed E-state index contributed by atoms with van der Waals surface area (Å²) < 4.78 is 35.4. The Morgan fingerprint density at radius 1 is 1.38 bits per heavy atom. The first-order chi connectivity index (χ1) is 9.61. The summed E-state index contributed by atoms with van der Waals surface area (Å²) in [5.41, 5.74) is 0. The summed E-state index contributed by atoms with van der Waals surface area (Å²) >= 11 is 0. The second-order valence-corrected chi connectivity index (χ2v) is 9.47. The fourth-order valence-electron chi connectivity index (χ4n) is 2.45. The Balaban J connectivity index is 2.69. The van der Waals surface area contributed by atoms with Crippen LogP contribution in [0.1, 0.15) is 32.6 Å². The summed E-state index contributed by atoms with van der Waals surface area (Å²) in [5.74, 6) is -1.94. The lowest BCUT2D eigenvalue weighted by Gasteiger charge is -2.28. The van der Waals surface area contributed by atoms with Crippen molar-refractivity contribution in [2.45, 2.75) is 49.1 Å². The zero-order valence-electron chi connectivity index (χ0n) is 12.1. The maximum absolute atomic E-state index is 12.3. The Hall–Kier alpha value is -0.960. The van der Waals surface area contributed by atoms with Gasteiger partial charge in [0, 0.05) is 29.2 Å². The molecule has 7 nitrogen and oxygen atoms in total. The fraction of sp³-hybridized carbons (Fsp3) is 0.833. The molecule has 0 radical (unpaired) electrons. The van der Waals surface area contributed by atoms with Crippen LogP contribution in [0.4, 0.5) is 0 Å². The summed E-state index contributed by atoms with van der Waals surface area (Å²) in [7, 11) is -4.67. The van der Waals surface area contributed by atoms with E-state index in [0.29, 0.717) is 19.3 Å². The standard InChI is InChI=1S/C12H21NO6S2/c1-8(14)13-11(12(15)16)7-20(17)9-4-3-5-10(6-9)21(2,18)19/h9-11H,3-7H2,1-2H3,(H,13,14)(H,15,16). The molecule has 122 valence electrons. The maximum atomic E-state index is 12.3. The van der Waals surface area contributed by atoms with Gasteiger partial charge in [-0.1, -0.05) is 6.42 Å². The maximum Gasteiger partial charge on any atom is 0.327 e. The van der Waals surface area contributed by atoms with Crippen LogP contribution in [0.25, 0.3) is 0 Å². The van der Waals surface area contributed by atoms with E-state index in [4.69, 9.17) is 5.11 Å². The quantitative estimate of drug-likeness (QED) is 0.685. The lowest BCUT2D eigenvalue weighted by Crippen LogP contribution is -2.45. The first-order valence-corrected chi connectivity index (χ1v) is 10.0. The molecule has 0 heterocycles. The van der Waals surface area contributed by atoms with Crippen molar-refractivity contribution in [2.75, 3.05) is 12.0 Å². The molecule has 0 saturated heterocycles. The molecule has 21 heavy (non-hydrogen) atoms. The van der Waals surface area contributed by atoms with E-state index in [9.17, 15) is 22.2 Å². The van der Waals surface area contributed by atoms with Crippen LogP contribution in [-0.2, 0) is 30.2 Å². The molecule has 1 aliphatic rings. The Kier molecular flexibility index (Phi) is 6.33. The Morgan fingerprint density at radius 2 is 2.00 bits per heavy atom.